The molecule has 1 atom stereocenters. The molecule has 190 valence electrons. The molecule has 0 aliphatic heterocycles. The average molecular weight is 500 g/mol. The minimum absolute atomic E-state index is 0.0112. The van der Waals surface area contributed by atoms with Gasteiger partial charge in [-0.2, -0.15) is 0 Å². The van der Waals surface area contributed by atoms with Crippen LogP contribution in [-0.4, -0.2) is 31.9 Å². The molecule has 2 saturated carbocycles. The van der Waals surface area contributed by atoms with Gasteiger partial charge in [0.15, 0.2) is 0 Å². The summed E-state index contributed by atoms with van der Waals surface area (Å²) in [6.07, 6.45) is 6.56. The standard InChI is InChI=1S/C28H38ClN3O3/c1-17-5-6-20(24(29)11-17)14-23(33)15-21(9-10-25(34)35)26-27(19-7-8-19)32(31-30-26)22-12-18(13-22)16-28(2,3)4/h5-6,11,18-19,21-22H,7-10,12-16H2,1-4H3,(H,34,35). The zero-order valence-electron chi connectivity index (χ0n) is 21.4. The van der Waals surface area contributed by atoms with Crippen molar-refractivity contribution in [2.75, 3.05) is 0 Å². The Hall–Kier alpha value is -2.21. The van der Waals surface area contributed by atoms with E-state index in [0.29, 0.717) is 34.7 Å². The van der Waals surface area contributed by atoms with Crippen molar-refractivity contribution in [3.63, 3.8) is 0 Å². The monoisotopic (exact) mass is 499 g/mol. The van der Waals surface area contributed by atoms with E-state index < -0.39 is 5.97 Å². The zero-order valence-corrected chi connectivity index (χ0v) is 22.1. The molecule has 4 rings (SSSR count). The fraction of sp³-hybridized carbons (Fsp3) is 0.643. The summed E-state index contributed by atoms with van der Waals surface area (Å²) in [6, 6.07) is 6.09. The third kappa shape index (κ3) is 6.72. The van der Waals surface area contributed by atoms with Crippen LogP contribution in [0.4, 0.5) is 0 Å². The molecule has 0 amide bonds. The van der Waals surface area contributed by atoms with Crippen LogP contribution in [0.15, 0.2) is 18.2 Å². The highest BCUT2D eigenvalue weighted by Gasteiger charge is 2.40. The number of Topliss-reactive ketones (excluding diaryl/α,β-unsaturated/α-hetero) is 1. The first-order valence-corrected chi connectivity index (χ1v) is 13.3. The second kappa shape index (κ2) is 10.4. The molecule has 6 nitrogen and oxygen atoms in total. The largest absolute Gasteiger partial charge is 0.481 e. The molecule has 7 heteroatoms. The molecule has 0 bridgehead atoms. The third-order valence-corrected chi connectivity index (χ3v) is 7.70. The molecule has 1 N–H and O–H groups in total. The van der Waals surface area contributed by atoms with Crippen molar-refractivity contribution in [3.05, 3.63) is 45.7 Å². The molecule has 2 aliphatic carbocycles. The highest BCUT2D eigenvalue weighted by atomic mass is 35.5. The van der Waals surface area contributed by atoms with Crippen LogP contribution in [0, 0.1) is 18.3 Å². The lowest BCUT2D eigenvalue weighted by Gasteiger charge is -2.39. The molecule has 2 aromatic rings. The summed E-state index contributed by atoms with van der Waals surface area (Å²) in [5.41, 5.74) is 4.18. The number of carboxylic acids is 1. The predicted molar refractivity (Wildman–Crippen MR) is 137 cm³/mol. The summed E-state index contributed by atoms with van der Waals surface area (Å²) in [4.78, 5) is 24.5. The first-order valence-electron chi connectivity index (χ1n) is 12.9. The van der Waals surface area contributed by atoms with E-state index in [1.54, 1.807) is 0 Å². The van der Waals surface area contributed by atoms with Crippen LogP contribution in [0.1, 0.15) is 113 Å². The van der Waals surface area contributed by atoms with Crippen LogP contribution in [-0.2, 0) is 16.0 Å². The first-order chi connectivity index (χ1) is 16.5. The molecule has 1 aromatic heterocycles. The summed E-state index contributed by atoms with van der Waals surface area (Å²) < 4.78 is 2.13. The van der Waals surface area contributed by atoms with Gasteiger partial charge < -0.3 is 5.11 Å². The van der Waals surface area contributed by atoms with Gasteiger partial charge in [-0.05, 0) is 74.0 Å². The van der Waals surface area contributed by atoms with Crippen molar-refractivity contribution in [1.29, 1.82) is 0 Å². The Morgan fingerprint density at radius 2 is 1.94 bits per heavy atom. The third-order valence-electron chi connectivity index (χ3n) is 7.34. The smallest absolute Gasteiger partial charge is 0.303 e. The fourth-order valence-electron chi connectivity index (χ4n) is 5.55. The van der Waals surface area contributed by atoms with Crippen LogP contribution in [0.5, 0.6) is 0 Å². The molecular weight excluding hydrogens is 462 g/mol. The number of carboxylic acid groups (broad SMARTS) is 1. The van der Waals surface area contributed by atoms with E-state index >= 15 is 0 Å². The van der Waals surface area contributed by atoms with E-state index in [1.165, 1.54) is 6.42 Å². The lowest BCUT2D eigenvalue weighted by Crippen LogP contribution is -2.31. The van der Waals surface area contributed by atoms with E-state index in [9.17, 15) is 14.7 Å². The number of aromatic nitrogens is 3. The van der Waals surface area contributed by atoms with Crippen molar-refractivity contribution < 1.29 is 14.7 Å². The van der Waals surface area contributed by atoms with E-state index in [1.807, 2.05) is 25.1 Å². The number of hydrogen-bond donors (Lipinski definition) is 1. The van der Waals surface area contributed by atoms with Gasteiger partial charge in [0.25, 0.3) is 0 Å². The molecule has 1 heterocycles. The maximum Gasteiger partial charge on any atom is 0.303 e. The number of nitrogens with zero attached hydrogens (tertiary/aromatic N) is 3. The number of carbonyl (C=O) groups excluding carboxylic acids is 1. The van der Waals surface area contributed by atoms with E-state index in [4.69, 9.17) is 11.6 Å². The fourth-order valence-corrected chi connectivity index (χ4v) is 5.85. The van der Waals surface area contributed by atoms with Gasteiger partial charge >= 0.3 is 5.97 Å². The van der Waals surface area contributed by atoms with Gasteiger partial charge in [-0.3, -0.25) is 9.59 Å². The summed E-state index contributed by atoms with van der Waals surface area (Å²) in [5.74, 6) is 0.0985. The molecule has 0 spiro atoms. The van der Waals surface area contributed by atoms with Gasteiger partial charge in [-0.1, -0.05) is 49.7 Å². The van der Waals surface area contributed by atoms with Crippen molar-refractivity contribution >= 4 is 23.4 Å². The van der Waals surface area contributed by atoms with Crippen molar-refractivity contribution in [2.45, 2.75) is 103 Å². The topological polar surface area (TPSA) is 85.1 Å². The van der Waals surface area contributed by atoms with Gasteiger partial charge in [-0.25, -0.2) is 4.68 Å². The number of aryl methyl sites for hydroxylation is 1. The summed E-state index contributed by atoms with van der Waals surface area (Å²) in [6.45, 7) is 8.84. The second-order valence-electron chi connectivity index (χ2n) is 12.0. The van der Waals surface area contributed by atoms with Gasteiger partial charge in [0, 0.05) is 36.1 Å². The van der Waals surface area contributed by atoms with Gasteiger partial charge in [0.2, 0.25) is 0 Å². The molecule has 2 fully saturated rings. The van der Waals surface area contributed by atoms with Crippen LogP contribution in [0.2, 0.25) is 5.02 Å². The Morgan fingerprint density at radius 1 is 1.23 bits per heavy atom. The van der Waals surface area contributed by atoms with E-state index in [-0.39, 0.29) is 31.0 Å². The molecule has 0 radical (unpaired) electrons. The Bertz CT molecular complexity index is 1080. The van der Waals surface area contributed by atoms with Crippen molar-refractivity contribution in [3.8, 4) is 0 Å². The molecule has 2 aliphatic rings. The second-order valence-corrected chi connectivity index (χ2v) is 12.4. The van der Waals surface area contributed by atoms with E-state index in [0.717, 1.165) is 48.2 Å². The number of ketones is 1. The lowest BCUT2D eigenvalue weighted by atomic mass is 9.71. The Kier molecular flexibility index (Phi) is 7.70. The zero-order chi connectivity index (χ0) is 25.3. The number of aliphatic carboxylic acids is 1. The Labute approximate surface area is 213 Å². The van der Waals surface area contributed by atoms with E-state index in [2.05, 4.69) is 35.8 Å². The average Bonchev–Trinajstić information content (AvgIpc) is 3.47. The predicted octanol–water partition coefficient (Wildman–Crippen LogP) is 6.65. The minimum Gasteiger partial charge on any atom is -0.481 e. The summed E-state index contributed by atoms with van der Waals surface area (Å²) in [7, 11) is 0. The van der Waals surface area contributed by atoms with Crippen LogP contribution in [0.25, 0.3) is 0 Å². The van der Waals surface area contributed by atoms with Crippen LogP contribution in [0.3, 0.4) is 0 Å². The molecule has 0 saturated heterocycles. The van der Waals surface area contributed by atoms with Crippen molar-refractivity contribution in [1.82, 2.24) is 15.0 Å². The highest BCUT2D eigenvalue weighted by Crippen LogP contribution is 2.49. The Balaban J connectivity index is 1.51. The number of carbonyl (C=O) groups is 2. The number of benzene rings is 1. The highest BCUT2D eigenvalue weighted by molar-refractivity contribution is 6.31. The number of hydrogen-bond acceptors (Lipinski definition) is 4. The molecule has 1 unspecified atom stereocenters. The SMILES string of the molecule is Cc1ccc(CC(=O)CC(CCC(=O)O)c2nnn(C3CC(CC(C)(C)C)C3)c2C2CC2)c(Cl)c1. The molecule has 1 aromatic carbocycles. The van der Waals surface area contributed by atoms with Gasteiger partial charge in [0.1, 0.15) is 5.78 Å². The van der Waals surface area contributed by atoms with Gasteiger partial charge in [0.05, 0.1) is 17.4 Å². The normalized spacial score (nSPS) is 20.9. The lowest BCUT2D eigenvalue weighted by molar-refractivity contribution is -0.137. The Morgan fingerprint density at radius 3 is 2.54 bits per heavy atom. The van der Waals surface area contributed by atoms with Crippen molar-refractivity contribution in [2.24, 2.45) is 11.3 Å². The first kappa shape index (κ1) is 25.9. The number of halogens is 1. The minimum atomic E-state index is -0.853. The number of rotatable bonds is 11. The quantitative estimate of drug-likeness (QED) is 0.374. The maximum atomic E-state index is 13.1. The molecular formula is C28H38ClN3O3. The maximum absolute atomic E-state index is 13.1. The van der Waals surface area contributed by atoms with Gasteiger partial charge in [-0.15, -0.1) is 5.10 Å². The molecule has 35 heavy (non-hydrogen) atoms. The summed E-state index contributed by atoms with van der Waals surface area (Å²) in [5, 5.41) is 19.1. The van der Waals surface area contributed by atoms with Crippen LogP contribution >= 0.6 is 11.6 Å². The van der Waals surface area contributed by atoms with Crippen LogP contribution < -0.4 is 0 Å². The summed E-state index contributed by atoms with van der Waals surface area (Å²) >= 11 is 6.36.